The third-order valence-corrected chi connectivity index (χ3v) is 24.6. The van der Waals surface area contributed by atoms with E-state index in [2.05, 4.69) is 453 Å². The zero-order valence-electron chi connectivity index (χ0n) is 84.5. The molecule has 6 aromatic heterocycles. The molecule has 744 valence electrons. The van der Waals surface area contributed by atoms with Crippen LogP contribution in [-0.4, -0.2) is 67.0 Å². The molecule has 0 unspecified atom stereocenters. The Balaban J connectivity index is 0.000000143. The number of aryl methyl sites for hydroxylation is 5. The van der Waals surface area contributed by atoms with Gasteiger partial charge in [-0.05, 0) is 219 Å². The van der Waals surface area contributed by atoms with Crippen LogP contribution in [0.5, 0.6) is 0 Å². The number of rotatable bonds is 9. The van der Waals surface area contributed by atoms with Gasteiger partial charge in [0, 0.05) is 99.0 Å². The molecule has 0 aliphatic rings. The predicted octanol–water partition coefficient (Wildman–Crippen LogP) is 32.9. The first kappa shape index (κ1) is 110. The monoisotopic (exact) mass is 2480 g/mol. The van der Waals surface area contributed by atoms with Crippen molar-refractivity contribution in [2.24, 2.45) is 0 Å². The van der Waals surface area contributed by atoms with Crippen molar-refractivity contribution in [1.82, 2.24) is 19.9 Å². The van der Waals surface area contributed by atoms with Crippen molar-refractivity contribution in [3.63, 3.8) is 0 Å². The van der Waals surface area contributed by atoms with Crippen LogP contribution in [0.2, 0.25) is 0 Å². The van der Waals surface area contributed by atoms with Gasteiger partial charge in [0.2, 0.25) is 11.4 Å². The summed E-state index contributed by atoms with van der Waals surface area (Å²) in [6, 6.07) is 147. The molecule has 15 heteroatoms. The Bertz CT molecular complexity index is 8030. The molecular weight excluding hydrogens is 2370 g/mol. The van der Waals surface area contributed by atoms with Crippen LogP contribution in [0, 0.1) is 58.9 Å². The van der Waals surface area contributed by atoms with Gasteiger partial charge in [-0.1, -0.05) is 270 Å². The van der Waals surface area contributed by atoms with E-state index in [1.165, 1.54) is 228 Å². The normalized spacial score (nSPS) is 10.9. The molecule has 0 amide bonds. The summed E-state index contributed by atoms with van der Waals surface area (Å²) in [6.45, 7) is 19.4. The van der Waals surface area contributed by atoms with Crippen molar-refractivity contribution in [3.8, 4) is 67.5 Å². The second-order valence-electron chi connectivity index (χ2n) is 35.9. The zero-order valence-corrected chi connectivity index (χ0v) is 91.7. The van der Waals surface area contributed by atoms with Crippen molar-refractivity contribution in [3.05, 3.63) is 507 Å². The van der Waals surface area contributed by atoms with E-state index >= 15 is 0 Å². The Morgan fingerprint density at radius 3 is 0.792 bits per heavy atom. The average Bonchev–Trinajstić information content (AvgIpc) is 0.802. The van der Waals surface area contributed by atoms with Crippen LogP contribution < -0.4 is 9.97 Å². The molecule has 0 aliphatic heterocycles. The van der Waals surface area contributed by atoms with E-state index in [1.807, 2.05) is 55.4 Å². The van der Waals surface area contributed by atoms with Gasteiger partial charge in [-0.2, -0.15) is 0 Å². The SMILES string of the molecule is CC(=[OH+])C=C(C)O.CC(=[OH+])C=C(C)O.CC(=[OH+])C=C(C)O.Cc1[c-]c(-c2nccc3c2ccc2ccccc23)ccc1.Cc1[c-]c(-c2nccc3c2ccc2ccccc23)ccc1.Cc1cc[c-]c(-c2nccc3c2ccc2ccccc23)c1.Cc1cc[c-]c(-c2nccc3c2ccc2ccccc23)c1.Cc1cccc(-c2[nH+]ccc3c2ccc2ccccc23)c1.[Ir-3].[Ir].[Ir].c1ccc(-c2[nH+]ccc3c2ccc2ccccc23)cc1. The number of aliphatic hydroxyl groups excluding tert-OH is 3. The van der Waals surface area contributed by atoms with Gasteiger partial charge in [0.25, 0.3) is 0 Å². The number of benzene rings is 18. The van der Waals surface area contributed by atoms with E-state index in [4.69, 9.17) is 29.7 Å². The van der Waals surface area contributed by atoms with Crippen LogP contribution >= 0.6 is 0 Å². The first-order chi connectivity index (χ1) is 70.9. The van der Waals surface area contributed by atoms with Crippen molar-refractivity contribution in [2.75, 3.05) is 0 Å². The third-order valence-electron chi connectivity index (χ3n) is 24.6. The molecule has 8 N–H and O–H groups in total. The maximum atomic E-state index is 8.40. The van der Waals surface area contributed by atoms with E-state index in [9.17, 15) is 0 Å². The van der Waals surface area contributed by atoms with Gasteiger partial charge in [-0.15, -0.1) is 142 Å². The van der Waals surface area contributed by atoms with Gasteiger partial charge in [-0.25, -0.2) is 9.97 Å². The maximum absolute atomic E-state index is 8.40. The van der Waals surface area contributed by atoms with E-state index < -0.39 is 0 Å². The van der Waals surface area contributed by atoms with E-state index in [1.54, 1.807) is 0 Å². The molecule has 0 aliphatic carbocycles. The Morgan fingerprint density at radius 2 is 0.510 bits per heavy atom. The topological polar surface area (TPSA) is 205 Å². The predicted molar refractivity (Wildman–Crippen MR) is 612 cm³/mol. The molecule has 149 heavy (non-hydrogen) atoms. The number of hydrogen-bond donors (Lipinski definition) is 3. The van der Waals surface area contributed by atoms with E-state index in [0.29, 0.717) is 0 Å². The number of ketones is 3. The first-order valence-corrected chi connectivity index (χ1v) is 48.4. The van der Waals surface area contributed by atoms with Crippen molar-refractivity contribution in [1.29, 1.82) is 0 Å². The van der Waals surface area contributed by atoms with Crippen molar-refractivity contribution in [2.45, 2.75) is 76.2 Å². The maximum Gasteiger partial charge on any atom is 0.316 e. The summed E-state index contributed by atoms with van der Waals surface area (Å²) in [4.78, 5) is 50.4. The number of H-pyrrole nitrogens is 2. The summed E-state index contributed by atoms with van der Waals surface area (Å²) in [5.41, 5.74) is 19.0. The number of aromatic nitrogens is 6. The number of nitrogens with zero attached hydrogens (tertiary/aromatic N) is 4. The number of allylic oxidation sites excluding steroid dienone is 6. The van der Waals surface area contributed by atoms with Gasteiger partial charge < -0.3 is 55.4 Å². The Kier molecular flexibility index (Phi) is 38.7. The minimum atomic E-state index is 0. The number of carbonyl (C=O) groups excluding carboxylic acids is 3. The number of fused-ring (bicyclic) bond motifs is 18. The number of hydrogen-bond acceptors (Lipinski definition) is 7. The first-order valence-electron chi connectivity index (χ1n) is 48.4. The van der Waals surface area contributed by atoms with E-state index in [0.717, 1.165) is 56.2 Å². The molecule has 6 heterocycles. The van der Waals surface area contributed by atoms with Crippen LogP contribution in [0.25, 0.3) is 197 Å². The molecule has 0 saturated carbocycles. The fraction of sp³-hybridized carbons (Fsp3) is 0.0821. The Morgan fingerprint density at radius 1 is 0.248 bits per heavy atom. The van der Waals surface area contributed by atoms with Gasteiger partial charge in [0.15, 0.2) is 12.4 Å². The van der Waals surface area contributed by atoms with Gasteiger partial charge in [0.1, 0.15) is 0 Å². The molecule has 24 rings (SSSR count). The minimum absolute atomic E-state index is 0. The second kappa shape index (κ2) is 52.6. The van der Waals surface area contributed by atoms with Gasteiger partial charge >= 0.3 is 17.3 Å². The summed E-state index contributed by atoms with van der Waals surface area (Å²) < 4.78 is 0. The van der Waals surface area contributed by atoms with E-state index in [-0.39, 0.29) is 94.9 Å². The quantitative estimate of drug-likeness (QED) is 0.0419. The van der Waals surface area contributed by atoms with Gasteiger partial charge in [0.05, 0.1) is 67.0 Å². The zero-order chi connectivity index (χ0) is 102. The number of aliphatic hydroxyl groups is 3. The second-order valence-corrected chi connectivity index (χ2v) is 35.9. The minimum Gasteiger partial charge on any atom is -3.00 e. The molecule has 24 aromatic rings. The summed E-state index contributed by atoms with van der Waals surface area (Å²) in [5, 5.41) is 55.3. The van der Waals surface area contributed by atoms with Crippen molar-refractivity contribution < 1.29 is 100.0 Å². The smallest absolute Gasteiger partial charge is 0.316 e. The molecule has 0 saturated heterocycles. The summed E-state index contributed by atoms with van der Waals surface area (Å²) in [5.74, 6) is 0.750. The molecule has 0 fully saturated rings. The Labute approximate surface area is 909 Å². The Hall–Kier alpha value is -16.4. The molecule has 0 spiro atoms. The molecule has 18 aromatic carbocycles. The summed E-state index contributed by atoms with van der Waals surface area (Å²) in [7, 11) is 0. The summed E-state index contributed by atoms with van der Waals surface area (Å²) >= 11 is 0. The number of pyridine rings is 6. The largest absolute Gasteiger partial charge is 3.00 e. The molecule has 12 nitrogen and oxygen atoms in total. The number of nitrogens with one attached hydrogen (secondary N) is 2. The molecular formula is C134H113Ir3N6O6-2. The van der Waals surface area contributed by atoms with Crippen LogP contribution in [0.3, 0.4) is 0 Å². The fourth-order valence-corrected chi connectivity index (χ4v) is 18.2. The van der Waals surface area contributed by atoms with Crippen LogP contribution in [0.15, 0.2) is 455 Å². The van der Waals surface area contributed by atoms with Gasteiger partial charge in [-0.3, -0.25) is 14.4 Å². The molecule has 2 radical (unpaired) electrons. The van der Waals surface area contributed by atoms with Crippen LogP contribution in [0.4, 0.5) is 0 Å². The standard InChI is InChI=1S/C20H15N.4C20H14N.C19H13N.3C5H8O2.3Ir/c5*1-14-5-4-7-16(13-14)20-19-10-9-15-6-2-3-8-17(15)18(19)11-12-21-20;1-2-7-15(8-3-1)19-18-11-10-14-6-4-5-9-16(14)17(18)12-13-20-19;3*1-4(6)3-5(2)7;;;/h2-13H,1H3;2*2-6,8-13H,1H3;2*2-12H,1H3;1-13H;3*3,6H,1-2H3;;;/q;4*-1;;;;;;;-3/p+5. The van der Waals surface area contributed by atoms with Crippen LogP contribution in [-0.2, 0) is 60.3 Å². The molecule has 0 bridgehead atoms. The average molecular weight is 2480 g/mol. The fourth-order valence-electron chi connectivity index (χ4n) is 18.2. The summed E-state index contributed by atoms with van der Waals surface area (Å²) in [6.07, 6.45) is 15.4. The molecule has 0 atom stereocenters. The van der Waals surface area contributed by atoms with Crippen molar-refractivity contribution >= 4 is 147 Å². The number of aromatic amines is 2. The third kappa shape index (κ3) is 27.9. The van der Waals surface area contributed by atoms with Crippen LogP contribution in [0.1, 0.15) is 69.4 Å².